The summed E-state index contributed by atoms with van der Waals surface area (Å²) < 4.78 is 0. The molecule has 0 amide bonds. The Morgan fingerprint density at radius 3 is 2.20 bits per heavy atom. The Morgan fingerprint density at radius 2 is 2.20 bits per heavy atom. The lowest BCUT2D eigenvalue weighted by Gasteiger charge is -1.50. The molecule has 0 N–H and O–H groups in total. The minimum Gasteiger partial charge on any atom is -0.198 e. The minimum atomic E-state index is 1.06. The van der Waals surface area contributed by atoms with Gasteiger partial charge in [-0.25, -0.2) is 0 Å². The first-order chi connectivity index (χ1) is 2.43. The molecular weight excluding hydrogens is 62.1 g/mol. The third-order valence-electron chi connectivity index (χ3n) is 0.658. The molecule has 0 spiro atoms. The summed E-state index contributed by atoms with van der Waals surface area (Å²) in [4.78, 5) is 0. The van der Waals surface area contributed by atoms with E-state index >= 15 is 0 Å². The van der Waals surface area contributed by atoms with Crippen molar-refractivity contribution in [2.45, 2.75) is 12.8 Å². The van der Waals surface area contributed by atoms with Gasteiger partial charge < -0.3 is 0 Å². The zero-order valence-corrected chi connectivity index (χ0v) is 2.86. The molecule has 1 aliphatic rings. The van der Waals surface area contributed by atoms with Gasteiger partial charge in [-0.3, -0.25) is 0 Å². The Kier molecular flexibility index (Phi) is 0.390. The molecule has 0 aromatic heterocycles. The summed E-state index contributed by atoms with van der Waals surface area (Å²) in [6, 6.07) is 2.06. The maximum Gasteiger partial charge on any atom is 0.0761 e. The lowest BCUT2D eigenvalue weighted by Crippen LogP contribution is -1.48. The zero-order chi connectivity index (χ0) is 3.70. The Labute approximate surface area is 31.2 Å². The highest BCUT2D eigenvalue weighted by molar-refractivity contribution is 5.22. The summed E-state index contributed by atoms with van der Waals surface area (Å²) in [5, 5.41) is 7.92. The SMILES string of the molecule is N#C[C]1CC1. The molecule has 1 saturated carbocycles. The highest BCUT2D eigenvalue weighted by Gasteiger charge is 2.20. The fourth-order valence-corrected chi connectivity index (χ4v) is 0.174. The second-order valence-corrected chi connectivity index (χ2v) is 1.22. The van der Waals surface area contributed by atoms with Crippen LogP contribution in [-0.4, -0.2) is 0 Å². The van der Waals surface area contributed by atoms with Gasteiger partial charge in [-0.2, -0.15) is 5.26 Å². The molecular formula is C4H4N. The van der Waals surface area contributed by atoms with Gasteiger partial charge >= 0.3 is 0 Å². The average molecular weight is 66.1 g/mol. The van der Waals surface area contributed by atoms with Gasteiger partial charge in [-0.05, 0) is 12.8 Å². The highest BCUT2D eigenvalue weighted by Crippen LogP contribution is 2.29. The Morgan fingerprint density at radius 1 is 1.60 bits per heavy atom. The van der Waals surface area contributed by atoms with Gasteiger partial charge in [-0.15, -0.1) is 0 Å². The Bertz CT molecular complexity index is 66.2. The average Bonchev–Trinajstić information content (AvgIpc) is 2.12. The van der Waals surface area contributed by atoms with E-state index in [1.54, 1.807) is 0 Å². The topological polar surface area (TPSA) is 23.8 Å². The zero-order valence-electron chi connectivity index (χ0n) is 2.86. The molecule has 1 fully saturated rings. The largest absolute Gasteiger partial charge is 0.198 e. The van der Waals surface area contributed by atoms with Crippen molar-refractivity contribution < 1.29 is 0 Å². The molecule has 1 aliphatic carbocycles. The van der Waals surface area contributed by atoms with E-state index in [9.17, 15) is 0 Å². The number of hydrogen-bond acceptors (Lipinski definition) is 1. The van der Waals surface area contributed by atoms with Gasteiger partial charge in [0.25, 0.3) is 0 Å². The number of nitriles is 1. The van der Waals surface area contributed by atoms with Gasteiger partial charge in [0.2, 0.25) is 0 Å². The summed E-state index contributed by atoms with van der Waals surface area (Å²) in [5.41, 5.74) is 0. The van der Waals surface area contributed by atoms with Gasteiger partial charge in [0, 0.05) is 0 Å². The first-order valence-corrected chi connectivity index (χ1v) is 1.68. The minimum absolute atomic E-state index is 1.06. The summed E-state index contributed by atoms with van der Waals surface area (Å²) in [6.07, 6.45) is 2.13. The van der Waals surface area contributed by atoms with Crippen LogP contribution in [0.15, 0.2) is 0 Å². The fraction of sp³-hybridized carbons (Fsp3) is 0.500. The predicted octanol–water partition coefficient (Wildman–Crippen LogP) is 0.878. The van der Waals surface area contributed by atoms with Crippen LogP contribution in [-0.2, 0) is 0 Å². The molecule has 0 aromatic carbocycles. The van der Waals surface area contributed by atoms with E-state index in [1.807, 2.05) is 0 Å². The van der Waals surface area contributed by atoms with Crippen LogP contribution in [0.5, 0.6) is 0 Å². The molecule has 25 valence electrons. The van der Waals surface area contributed by atoms with Crippen molar-refractivity contribution in [2.75, 3.05) is 0 Å². The smallest absolute Gasteiger partial charge is 0.0761 e. The molecule has 0 unspecified atom stereocenters. The molecule has 1 heteroatoms. The molecule has 0 saturated heterocycles. The number of rotatable bonds is 0. The summed E-state index contributed by atoms with van der Waals surface area (Å²) in [6.45, 7) is 0. The van der Waals surface area contributed by atoms with E-state index in [2.05, 4.69) is 6.07 Å². The van der Waals surface area contributed by atoms with Crippen LogP contribution in [0.1, 0.15) is 12.8 Å². The molecule has 0 atom stereocenters. The van der Waals surface area contributed by atoms with Crippen molar-refractivity contribution in [2.24, 2.45) is 0 Å². The van der Waals surface area contributed by atoms with Gasteiger partial charge in [0.1, 0.15) is 0 Å². The van der Waals surface area contributed by atoms with E-state index in [0.29, 0.717) is 0 Å². The molecule has 0 aromatic rings. The number of hydrogen-bond donors (Lipinski definition) is 0. The van der Waals surface area contributed by atoms with Crippen LogP contribution in [0.2, 0.25) is 0 Å². The van der Waals surface area contributed by atoms with Crippen LogP contribution in [0.25, 0.3) is 0 Å². The summed E-state index contributed by atoms with van der Waals surface area (Å²) in [5.74, 6) is 1.06. The second kappa shape index (κ2) is 0.718. The Balaban J connectivity index is 2.30. The first kappa shape index (κ1) is 2.71. The van der Waals surface area contributed by atoms with Crippen molar-refractivity contribution in [1.82, 2.24) is 0 Å². The van der Waals surface area contributed by atoms with E-state index in [-0.39, 0.29) is 0 Å². The normalized spacial score (nSPS) is 21.4. The highest BCUT2D eigenvalue weighted by atomic mass is 14.3. The maximum absolute atomic E-state index is 7.92. The van der Waals surface area contributed by atoms with E-state index < -0.39 is 0 Å². The second-order valence-electron chi connectivity index (χ2n) is 1.22. The summed E-state index contributed by atoms with van der Waals surface area (Å²) >= 11 is 0. The van der Waals surface area contributed by atoms with Crippen LogP contribution in [0, 0.1) is 17.2 Å². The fourth-order valence-electron chi connectivity index (χ4n) is 0.174. The maximum atomic E-state index is 7.92. The van der Waals surface area contributed by atoms with E-state index in [0.717, 1.165) is 18.8 Å². The number of nitrogens with zero attached hydrogens (tertiary/aromatic N) is 1. The standard InChI is InChI=1S/C4H4N/c5-3-4-1-2-4/h1-2H2. The lowest BCUT2D eigenvalue weighted by atomic mass is 10.5. The van der Waals surface area contributed by atoms with Gasteiger partial charge in [0.15, 0.2) is 0 Å². The Hall–Kier alpha value is -0.510. The van der Waals surface area contributed by atoms with Crippen molar-refractivity contribution in [3.05, 3.63) is 5.92 Å². The van der Waals surface area contributed by atoms with E-state index in [1.165, 1.54) is 0 Å². The third-order valence-corrected chi connectivity index (χ3v) is 0.658. The molecule has 0 bridgehead atoms. The van der Waals surface area contributed by atoms with Gasteiger partial charge in [0.05, 0.1) is 12.0 Å². The van der Waals surface area contributed by atoms with Crippen molar-refractivity contribution >= 4 is 0 Å². The van der Waals surface area contributed by atoms with Crippen LogP contribution in [0.4, 0.5) is 0 Å². The molecule has 0 aliphatic heterocycles. The van der Waals surface area contributed by atoms with Crippen molar-refractivity contribution in [3.63, 3.8) is 0 Å². The lowest BCUT2D eigenvalue weighted by molar-refractivity contribution is 1.45. The van der Waals surface area contributed by atoms with Crippen LogP contribution in [0.3, 0.4) is 0 Å². The van der Waals surface area contributed by atoms with E-state index in [4.69, 9.17) is 5.26 Å². The molecule has 1 nitrogen and oxygen atoms in total. The van der Waals surface area contributed by atoms with Crippen molar-refractivity contribution in [3.8, 4) is 6.07 Å². The molecule has 0 heterocycles. The third kappa shape index (κ3) is 0.384. The molecule has 1 rings (SSSR count). The predicted molar refractivity (Wildman–Crippen MR) is 18.1 cm³/mol. The molecule has 5 heavy (non-hydrogen) atoms. The van der Waals surface area contributed by atoms with Crippen LogP contribution >= 0.6 is 0 Å². The van der Waals surface area contributed by atoms with Crippen LogP contribution < -0.4 is 0 Å². The first-order valence-electron chi connectivity index (χ1n) is 1.68. The van der Waals surface area contributed by atoms with Crippen molar-refractivity contribution in [1.29, 1.82) is 5.26 Å². The van der Waals surface area contributed by atoms with Gasteiger partial charge in [-0.1, -0.05) is 0 Å². The molecule has 1 radical (unpaired) electrons. The summed E-state index contributed by atoms with van der Waals surface area (Å²) in [7, 11) is 0. The quantitative estimate of drug-likeness (QED) is 0.411. The monoisotopic (exact) mass is 66.0 g/mol.